The van der Waals surface area contributed by atoms with Gasteiger partial charge in [-0.3, -0.25) is 4.79 Å². The van der Waals surface area contributed by atoms with Crippen LogP contribution in [0.5, 0.6) is 0 Å². The van der Waals surface area contributed by atoms with Gasteiger partial charge in [-0.2, -0.15) is 0 Å². The quantitative estimate of drug-likeness (QED) is 0.422. The summed E-state index contributed by atoms with van der Waals surface area (Å²) in [5.41, 5.74) is 0.779. The van der Waals surface area contributed by atoms with Crippen LogP contribution in [0.15, 0.2) is 36.9 Å². The predicted octanol–water partition coefficient (Wildman–Crippen LogP) is 2.44. The number of rotatable bonds is 3. The molecule has 0 aromatic heterocycles. The molecule has 0 unspecified atom stereocenters. The fourth-order valence-corrected chi connectivity index (χ4v) is 0.902. The molecule has 0 amide bonds. The van der Waals surface area contributed by atoms with Gasteiger partial charge < -0.3 is 4.74 Å². The Morgan fingerprint density at radius 2 is 2.00 bits per heavy atom. The maximum atomic E-state index is 10.8. The van der Waals surface area contributed by atoms with Crippen LogP contribution in [0.2, 0.25) is 0 Å². The molecule has 0 aliphatic rings. The number of ether oxygens (including phenoxy) is 1. The predicted molar refractivity (Wildman–Crippen MR) is 52.3 cm³/mol. The van der Waals surface area contributed by atoms with E-state index in [4.69, 9.17) is 16.3 Å². The Labute approximate surface area is 81.8 Å². The molecule has 13 heavy (non-hydrogen) atoms. The van der Waals surface area contributed by atoms with Crippen molar-refractivity contribution in [1.82, 2.24) is 0 Å². The second-order valence-electron chi connectivity index (χ2n) is 2.40. The van der Waals surface area contributed by atoms with E-state index in [-0.39, 0.29) is 5.88 Å². The number of hydrogen-bond acceptors (Lipinski definition) is 2. The van der Waals surface area contributed by atoms with E-state index in [1.807, 2.05) is 30.3 Å². The van der Waals surface area contributed by atoms with E-state index < -0.39 is 5.97 Å². The standard InChI is InChI=1S/C10H9ClO2/c1-8(13-10(12)7-11)9-5-3-2-4-6-9/h2-6H,1,7H2. The molecule has 1 aromatic rings. The van der Waals surface area contributed by atoms with Crippen LogP contribution in [0.25, 0.3) is 5.76 Å². The number of carbonyl (C=O) groups excluding carboxylic acids is 1. The maximum Gasteiger partial charge on any atom is 0.326 e. The number of alkyl halides is 1. The second-order valence-corrected chi connectivity index (χ2v) is 2.66. The van der Waals surface area contributed by atoms with Gasteiger partial charge in [0.2, 0.25) is 0 Å². The normalized spacial score (nSPS) is 9.31. The molecule has 0 radical (unpaired) electrons. The van der Waals surface area contributed by atoms with Crippen molar-refractivity contribution in [2.75, 3.05) is 5.88 Å². The lowest BCUT2D eigenvalue weighted by molar-refractivity contribution is -0.133. The summed E-state index contributed by atoms with van der Waals surface area (Å²) >= 11 is 5.27. The third-order valence-corrected chi connectivity index (χ3v) is 1.66. The monoisotopic (exact) mass is 196 g/mol. The zero-order chi connectivity index (χ0) is 9.68. The van der Waals surface area contributed by atoms with Gasteiger partial charge in [0.05, 0.1) is 0 Å². The molecule has 0 atom stereocenters. The topological polar surface area (TPSA) is 26.3 Å². The van der Waals surface area contributed by atoms with Crippen molar-refractivity contribution in [2.24, 2.45) is 0 Å². The minimum Gasteiger partial charge on any atom is -0.426 e. The zero-order valence-electron chi connectivity index (χ0n) is 7.00. The van der Waals surface area contributed by atoms with Gasteiger partial charge in [-0.1, -0.05) is 36.9 Å². The molecule has 0 spiro atoms. The Balaban J connectivity index is 2.65. The van der Waals surface area contributed by atoms with Crippen LogP contribution < -0.4 is 0 Å². The van der Waals surface area contributed by atoms with E-state index in [0.717, 1.165) is 5.56 Å². The van der Waals surface area contributed by atoms with Crippen molar-refractivity contribution in [3.05, 3.63) is 42.5 Å². The summed E-state index contributed by atoms with van der Waals surface area (Å²) in [6.07, 6.45) is 0. The average Bonchev–Trinajstić information content (AvgIpc) is 2.19. The Bertz CT molecular complexity index is 306. The molecule has 2 nitrogen and oxygen atoms in total. The third kappa shape index (κ3) is 2.92. The molecule has 3 heteroatoms. The highest BCUT2D eigenvalue weighted by atomic mass is 35.5. The first-order valence-electron chi connectivity index (χ1n) is 3.75. The van der Waals surface area contributed by atoms with Gasteiger partial charge in [0.25, 0.3) is 0 Å². The Kier molecular flexibility index (Phi) is 3.53. The lowest BCUT2D eigenvalue weighted by atomic mass is 10.2. The minimum atomic E-state index is -0.490. The summed E-state index contributed by atoms with van der Waals surface area (Å²) in [5.74, 6) is -0.326. The van der Waals surface area contributed by atoms with Crippen LogP contribution in [0, 0.1) is 0 Å². The Morgan fingerprint density at radius 1 is 1.38 bits per heavy atom. The van der Waals surface area contributed by atoms with Crippen molar-refractivity contribution >= 4 is 23.3 Å². The van der Waals surface area contributed by atoms with Crippen LogP contribution in [0.1, 0.15) is 5.56 Å². The fraction of sp³-hybridized carbons (Fsp3) is 0.100. The SMILES string of the molecule is C=C(OC(=O)CCl)c1ccccc1. The molecule has 0 bridgehead atoms. The molecule has 0 saturated heterocycles. The van der Waals surface area contributed by atoms with Crippen LogP contribution in [-0.2, 0) is 9.53 Å². The first-order chi connectivity index (χ1) is 6.24. The largest absolute Gasteiger partial charge is 0.426 e. The molecule has 0 N–H and O–H groups in total. The molecular weight excluding hydrogens is 188 g/mol. The molecular formula is C10H9ClO2. The molecule has 0 saturated carbocycles. The van der Waals surface area contributed by atoms with Gasteiger partial charge in [-0.15, -0.1) is 11.6 Å². The van der Waals surface area contributed by atoms with Gasteiger partial charge in [0.15, 0.2) is 0 Å². The lowest BCUT2D eigenvalue weighted by Crippen LogP contribution is -2.03. The van der Waals surface area contributed by atoms with E-state index >= 15 is 0 Å². The Hall–Kier alpha value is -1.28. The summed E-state index contributed by atoms with van der Waals surface area (Å²) in [7, 11) is 0. The van der Waals surface area contributed by atoms with Gasteiger partial charge in [0.1, 0.15) is 11.6 Å². The smallest absolute Gasteiger partial charge is 0.326 e. The average molecular weight is 197 g/mol. The fourth-order valence-electron chi connectivity index (χ4n) is 0.848. The number of esters is 1. The second kappa shape index (κ2) is 4.67. The first kappa shape index (κ1) is 9.81. The molecule has 1 rings (SSSR count). The highest BCUT2D eigenvalue weighted by Gasteiger charge is 2.04. The summed E-state index contributed by atoms with van der Waals surface area (Å²) in [6.45, 7) is 3.61. The molecule has 0 heterocycles. The van der Waals surface area contributed by atoms with E-state index in [1.54, 1.807) is 0 Å². The molecule has 68 valence electrons. The first-order valence-corrected chi connectivity index (χ1v) is 4.28. The molecule has 0 aliphatic heterocycles. The van der Waals surface area contributed by atoms with Crippen molar-refractivity contribution in [3.63, 3.8) is 0 Å². The van der Waals surface area contributed by atoms with Gasteiger partial charge in [0, 0.05) is 5.56 Å². The maximum absolute atomic E-state index is 10.8. The molecule has 0 aliphatic carbocycles. The summed E-state index contributed by atoms with van der Waals surface area (Å²) in [4.78, 5) is 10.8. The van der Waals surface area contributed by atoms with Crippen LogP contribution in [-0.4, -0.2) is 11.8 Å². The van der Waals surface area contributed by atoms with Crippen molar-refractivity contribution in [2.45, 2.75) is 0 Å². The number of benzene rings is 1. The van der Waals surface area contributed by atoms with Crippen LogP contribution in [0.3, 0.4) is 0 Å². The summed E-state index contributed by atoms with van der Waals surface area (Å²) in [6, 6.07) is 9.18. The van der Waals surface area contributed by atoms with E-state index in [9.17, 15) is 4.79 Å². The molecule has 1 aromatic carbocycles. The van der Waals surface area contributed by atoms with Crippen molar-refractivity contribution in [1.29, 1.82) is 0 Å². The van der Waals surface area contributed by atoms with Gasteiger partial charge in [-0.25, -0.2) is 0 Å². The van der Waals surface area contributed by atoms with Crippen molar-refractivity contribution in [3.8, 4) is 0 Å². The highest BCUT2D eigenvalue weighted by molar-refractivity contribution is 6.26. The summed E-state index contributed by atoms with van der Waals surface area (Å²) < 4.78 is 4.82. The number of halogens is 1. The number of hydrogen-bond donors (Lipinski definition) is 0. The van der Waals surface area contributed by atoms with Crippen LogP contribution in [0.4, 0.5) is 0 Å². The Morgan fingerprint density at radius 3 is 2.54 bits per heavy atom. The van der Waals surface area contributed by atoms with Crippen LogP contribution >= 0.6 is 11.6 Å². The highest BCUT2D eigenvalue weighted by Crippen LogP contribution is 2.12. The van der Waals surface area contributed by atoms with Crippen molar-refractivity contribution < 1.29 is 9.53 Å². The third-order valence-electron chi connectivity index (χ3n) is 1.44. The zero-order valence-corrected chi connectivity index (χ0v) is 7.75. The summed E-state index contributed by atoms with van der Waals surface area (Å²) in [5, 5.41) is 0. The van der Waals surface area contributed by atoms with Gasteiger partial charge >= 0.3 is 5.97 Å². The van der Waals surface area contributed by atoms with E-state index in [0.29, 0.717) is 5.76 Å². The lowest BCUT2D eigenvalue weighted by Gasteiger charge is -2.04. The molecule has 0 fully saturated rings. The van der Waals surface area contributed by atoms with E-state index in [2.05, 4.69) is 6.58 Å². The number of carbonyl (C=O) groups is 1. The minimum absolute atomic E-state index is 0.161. The van der Waals surface area contributed by atoms with Gasteiger partial charge in [-0.05, 0) is 0 Å². The van der Waals surface area contributed by atoms with E-state index in [1.165, 1.54) is 0 Å².